The first kappa shape index (κ1) is 27.5. The van der Waals surface area contributed by atoms with Crippen molar-refractivity contribution in [3.63, 3.8) is 0 Å². The number of hydrogen-bond donors (Lipinski definition) is 1. The van der Waals surface area contributed by atoms with Gasteiger partial charge in [0.15, 0.2) is 29.2 Å². The Balaban J connectivity index is 1.99. The summed E-state index contributed by atoms with van der Waals surface area (Å²) in [6, 6.07) is 7.75. The Morgan fingerprint density at radius 2 is 1.94 bits per heavy atom. The maximum absolute atomic E-state index is 14.6. The maximum atomic E-state index is 14.6. The Morgan fingerprint density at radius 1 is 1.17 bits per heavy atom. The Kier molecular flexibility index (Phi) is 9.23. The van der Waals surface area contributed by atoms with E-state index < -0.39 is 35.7 Å². The van der Waals surface area contributed by atoms with Crippen LogP contribution in [0, 0.1) is 11.6 Å². The Morgan fingerprint density at radius 3 is 2.57 bits per heavy atom. The average molecular weight is 513 g/mol. The minimum atomic E-state index is -1.52. The molecule has 2 aromatic carbocycles. The van der Waals surface area contributed by atoms with Gasteiger partial charge in [-0.3, -0.25) is 0 Å². The number of carbonyl (C=O) groups excluding carboxylic acids is 1. The van der Waals surface area contributed by atoms with Gasteiger partial charge in [-0.05, 0) is 35.7 Å². The van der Waals surface area contributed by atoms with Crippen molar-refractivity contribution in [3.05, 3.63) is 63.7 Å². The fourth-order valence-electron chi connectivity index (χ4n) is 4.33. The molecule has 1 N–H and O–H groups in total. The molecule has 0 amide bonds. The molecule has 1 heterocycles. The van der Waals surface area contributed by atoms with Crippen LogP contribution >= 0.6 is 11.6 Å². The molecule has 9 heteroatoms. The highest BCUT2D eigenvalue weighted by molar-refractivity contribution is 6.31. The van der Waals surface area contributed by atoms with Gasteiger partial charge in [0, 0.05) is 43.6 Å². The van der Waals surface area contributed by atoms with Gasteiger partial charge in [-0.25, -0.2) is 4.39 Å². The van der Waals surface area contributed by atoms with Crippen LogP contribution in [0.4, 0.5) is 8.78 Å². The number of ether oxygens (including phenoxy) is 4. The zero-order chi connectivity index (χ0) is 25.6. The normalized spacial score (nSPS) is 24.4. The number of aliphatic hydroxyl groups excluding tert-OH is 1. The smallest absolute Gasteiger partial charge is 0.200 e. The summed E-state index contributed by atoms with van der Waals surface area (Å²) in [5.74, 6) is -3.72. The van der Waals surface area contributed by atoms with E-state index >= 15 is 0 Å². The third-order valence-electron chi connectivity index (χ3n) is 6.31. The van der Waals surface area contributed by atoms with E-state index in [2.05, 4.69) is 0 Å². The molecular weight excluding hydrogens is 482 g/mol. The third-order valence-corrected chi connectivity index (χ3v) is 6.68. The number of methoxy groups -OCH3 is 2. The number of rotatable bonds is 11. The van der Waals surface area contributed by atoms with Gasteiger partial charge in [0.25, 0.3) is 0 Å². The van der Waals surface area contributed by atoms with Crippen molar-refractivity contribution in [2.24, 2.45) is 0 Å². The van der Waals surface area contributed by atoms with E-state index in [4.69, 9.17) is 30.5 Å². The predicted molar refractivity (Wildman–Crippen MR) is 127 cm³/mol. The second-order valence-corrected chi connectivity index (χ2v) is 9.10. The molecule has 1 saturated heterocycles. The van der Waals surface area contributed by atoms with Crippen LogP contribution in [0.1, 0.15) is 49.3 Å². The van der Waals surface area contributed by atoms with E-state index in [1.165, 1.54) is 26.4 Å². The van der Waals surface area contributed by atoms with E-state index in [1.807, 2.05) is 6.92 Å². The molecule has 0 saturated carbocycles. The van der Waals surface area contributed by atoms with Crippen LogP contribution in [0.15, 0.2) is 30.3 Å². The van der Waals surface area contributed by atoms with Crippen LogP contribution in [-0.2, 0) is 31.2 Å². The standard InChI is InChI=1S/C26H31ClF2O6/c1-4-5-10-34-20-13-25(15-30,16-31)35-26(14-20,33-3)19-7-8-21(27)18(12-19)11-17-6-9-22(32-2)24(29)23(17)28/h6-9,12,15,20,31H,4-5,10-11,13-14,16H2,1-3H3/t20-,25+,26+/m0/s1. The first-order chi connectivity index (χ1) is 16.8. The molecule has 3 atom stereocenters. The largest absolute Gasteiger partial charge is 0.494 e. The van der Waals surface area contributed by atoms with E-state index in [0.717, 1.165) is 12.8 Å². The number of aliphatic hydroxyl groups is 1. The van der Waals surface area contributed by atoms with E-state index in [1.54, 1.807) is 18.2 Å². The molecule has 0 radical (unpaired) electrons. The molecule has 2 aromatic rings. The van der Waals surface area contributed by atoms with Crippen molar-refractivity contribution in [1.82, 2.24) is 0 Å². The highest BCUT2D eigenvalue weighted by atomic mass is 35.5. The van der Waals surface area contributed by atoms with Crippen molar-refractivity contribution < 1.29 is 37.6 Å². The average Bonchev–Trinajstić information content (AvgIpc) is 2.88. The van der Waals surface area contributed by atoms with Crippen LogP contribution in [0.25, 0.3) is 0 Å². The summed E-state index contributed by atoms with van der Waals surface area (Å²) in [7, 11) is 2.70. The number of halogens is 3. The van der Waals surface area contributed by atoms with Crippen LogP contribution in [0.5, 0.6) is 5.75 Å². The predicted octanol–water partition coefficient (Wildman–Crippen LogP) is 4.94. The van der Waals surface area contributed by atoms with E-state index in [9.17, 15) is 18.7 Å². The molecular formula is C26H31ClF2O6. The lowest BCUT2D eigenvalue weighted by atomic mass is 9.85. The molecule has 35 heavy (non-hydrogen) atoms. The molecule has 0 spiro atoms. The maximum Gasteiger partial charge on any atom is 0.200 e. The van der Waals surface area contributed by atoms with E-state index in [-0.39, 0.29) is 30.6 Å². The van der Waals surface area contributed by atoms with Gasteiger partial charge in [-0.15, -0.1) is 0 Å². The second-order valence-electron chi connectivity index (χ2n) is 8.69. The lowest BCUT2D eigenvalue weighted by Crippen LogP contribution is -2.56. The number of unbranched alkanes of at least 4 members (excludes halogenated alkanes) is 1. The highest BCUT2D eigenvalue weighted by Crippen LogP contribution is 2.44. The zero-order valence-electron chi connectivity index (χ0n) is 20.1. The summed E-state index contributed by atoms with van der Waals surface area (Å²) in [4.78, 5) is 12.0. The quantitative estimate of drug-likeness (QED) is 0.339. The van der Waals surface area contributed by atoms with Crippen LogP contribution in [0.2, 0.25) is 5.02 Å². The molecule has 192 valence electrons. The van der Waals surface area contributed by atoms with Gasteiger partial charge in [0.1, 0.15) is 0 Å². The number of benzene rings is 2. The Hall–Kier alpha value is -2.10. The fourth-order valence-corrected chi connectivity index (χ4v) is 4.51. The summed E-state index contributed by atoms with van der Waals surface area (Å²) in [5.41, 5.74) is -0.410. The third kappa shape index (κ3) is 5.84. The van der Waals surface area contributed by atoms with Crippen LogP contribution < -0.4 is 4.74 Å². The van der Waals surface area contributed by atoms with Gasteiger partial charge in [0.05, 0.1) is 19.8 Å². The lowest BCUT2D eigenvalue weighted by Gasteiger charge is -2.47. The molecule has 6 nitrogen and oxygen atoms in total. The number of aldehydes is 1. The van der Waals surface area contributed by atoms with E-state index in [0.29, 0.717) is 29.0 Å². The lowest BCUT2D eigenvalue weighted by molar-refractivity contribution is -0.324. The second kappa shape index (κ2) is 11.8. The van der Waals surface area contributed by atoms with Crippen molar-refractivity contribution in [3.8, 4) is 5.75 Å². The summed E-state index contributed by atoms with van der Waals surface area (Å²) in [6.07, 6.45) is 2.38. The summed E-state index contributed by atoms with van der Waals surface area (Å²) in [5, 5.41) is 10.4. The van der Waals surface area contributed by atoms with Crippen LogP contribution in [0.3, 0.4) is 0 Å². The molecule has 0 unspecified atom stereocenters. The van der Waals surface area contributed by atoms with Crippen molar-refractivity contribution in [1.29, 1.82) is 0 Å². The van der Waals surface area contributed by atoms with Gasteiger partial charge in [-0.2, -0.15) is 4.39 Å². The topological polar surface area (TPSA) is 74.2 Å². The molecule has 1 aliphatic heterocycles. The Bertz CT molecular complexity index is 1040. The summed E-state index contributed by atoms with van der Waals surface area (Å²) in [6.45, 7) is 1.99. The first-order valence-electron chi connectivity index (χ1n) is 11.5. The summed E-state index contributed by atoms with van der Waals surface area (Å²) >= 11 is 6.40. The minimum Gasteiger partial charge on any atom is -0.494 e. The molecule has 1 fully saturated rings. The monoisotopic (exact) mass is 512 g/mol. The molecule has 1 aliphatic rings. The first-order valence-corrected chi connectivity index (χ1v) is 11.9. The van der Waals surface area contributed by atoms with Gasteiger partial charge < -0.3 is 28.8 Å². The van der Waals surface area contributed by atoms with Crippen molar-refractivity contribution >= 4 is 17.9 Å². The number of hydrogen-bond acceptors (Lipinski definition) is 6. The number of carbonyl (C=O) groups is 1. The Labute approximate surface area is 209 Å². The zero-order valence-corrected chi connectivity index (χ0v) is 20.9. The van der Waals surface area contributed by atoms with Crippen molar-refractivity contribution in [2.75, 3.05) is 27.4 Å². The summed E-state index contributed by atoms with van der Waals surface area (Å²) < 4.78 is 51.6. The van der Waals surface area contributed by atoms with Gasteiger partial charge in [-0.1, -0.05) is 37.1 Å². The molecule has 0 aromatic heterocycles. The SMILES string of the molecule is CCCCO[C@H]1C[C@@](C=O)(CO)O[C@@](OC)(c2ccc(Cl)c(Cc3ccc(OC)c(F)c3F)c2)C1. The van der Waals surface area contributed by atoms with Gasteiger partial charge in [0.2, 0.25) is 5.82 Å². The van der Waals surface area contributed by atoms with Crippen molar-refractivity contribution in [2.45, 2.75) is 56.5 Å². The molecule has 0 aliphatic carbocycles. The minimum absolute atomic E-state index is 0.00549. The highest BCUT2D eigenvalue weighted by Gasteiger charge is 2.51. The van der Waals surface area contributed by atoms with Gasteiger partial charge >= 0.3 is 0 Å². The fraction of sp³-hybridized carbons (Fsp3) is 0.500. The molecule has 0 bridgehead atoms. The van der Waals surface area contributed by atoms with Crippen LogP contribution in [-0.4, -0.2) is 50.5 Å². The molecule has 3 rings (SSSR count).